The second-order valence-electron chi connectivity index (χ2n) is 4.94. The maximum absolute atomic E-state index is 11.9. The van der Waals surface area contributed by atoms with Crippen molar-refractivity contribution in [3.05, 3.63) is 29.3 Å². The minimum Gasteiger partial charge on any atom is -0.321 e. The summed E-state index contributed by atoms with van der Waals surface area (Å²) in [5, 5.41) is 0. The Labute approximate surface area is 113 Å². The van der Waals surface area contributed by atoms with Gasteiger partial charge in [-0.3, -0.25) is 9.10 Å². The normalized spacial score (nSPS) is 16.9. The van der Waals surface area contributed by atoms with Crippen LogP contribution >= 0.6 is 0 Å². The molecule has 0 amide bonds. The van der Waals surface area contributed by atoms with Crippen molar-refractivity contribution >= 4 is 21.5 Å². The molecule has 0 radical (unpaired) electrons. The van der Waals surface area contributed by atoms with E-state index < -0.39 is 16.1 Å². The lowest BCUT2D eigenvalue weighted by atomic mass is 9.97. The van der Waals surface area contributed by atoms with Gasteiger partial charge >= 0.3 is 0 Å². The molecule has 0 spiro atoms. The van der Waals surface area contributed by atoms with Crippen LogP contribution in [0.5, 0.6) is 0 Å². The molecule has 2 rings (SSSR count). The fraction of sp³-hybridized carbons (Fsp3) is 0.462. The molecule has 2 N–H and O–H groups in total. The van der Waals surface area contributed by atoms with Gasteiger partial charge in [0.1, 0.15) is 0 Å². The third-order valence-electron chi connectivity index (χ3n) is 3.25. The van der Waals surface area contributed by atoms with Crippen LogP contribution in [0.25, 0.3) is 0 Å². The molecule has 1 aromatic carbocycles. The molecule has 1 aliphatic rings. The molecule has 6 heteroatoms. The third kappa shape index (κ3) is 2.79. The summed E-state index contributed by atoms with van der Waals surface area (Å²) in [6.07, 6.45) is 2.74. The molecule has 104 valence electrons. The Balaban J connectivity index is 2.44. The standard InChI is InChI=1S/C13H18N2O3S/c1-9(14)13(16)11-5-6-12-10(8-11)4-3-7-15(12)19(2,17)18/h5-6,8-9H,3-4,7,14H2,1-2H3. The fourth-order valence-electron chi connectivity index (χ4n) is 2.32. The molecular formula is C13H18N2O3S. The van der Waals surface area contributed by atoms with Gasteiger partial charge < -0.3 is 5.73 Å². The first-order chi connectivity index (χ1) is 8.80. The minimum absolute atomic E-state index is 0.126. The van der Waals surface area contributed by atoms with Gasteiger partial charge in [0.25, 0.3) is 0 Å². The smallest absolute Gasteiger partial charge is 0.232 e. The Hall–Kier alpha value is -1.40. The summed E-state index contributed by atoms with van der Waals surface area (Å²) in [7, 11) is -3.26. The molecule has 0 bridgehead atoms. The van der Waals surface area contributed by atoms with Gasteiger partial charge in [-0.15, -0.1) is 0 Å². The van der Waals surface area contributed by atoms with Crippen molar-refractivity contribution in [3.8, 4) is 0 Å². The summed E-state index contributed by atoms with van der Waals surface area (Å²) in [5.41, 5.74) is 7.70. The van der Waals surface area contributed by atoms with Crippen molar-refractivity contribution in [1.29, 1.82) is 0 Å². The first-order valence-electron chi connectivity index (χ1n) is 6.21. The molecule has 19 heavy (non-hydrogen) atoms. The topological polar surface area (TPSA) is 80.5 Å². The number of hydrogen-bond acceptors (Lipinski definition) is 4. The number of benzene rings is 1. The number of carbonyl (C=O) groups is 1. The van der Waals surface area contributed by atoms with Crippen molar-refractivity contribution in [2.24, 2.45) is 5.73 Å². The van der Waals surface area contributed by atoms with Crippen LogP contribution in [0.15, 0.2) is 18.2 Å². The van der Waals surface area contributed by atoms with Crippen molar-refractivity contribution in [2.75, 3.05) is 17.1 Å². The van der Waals surface area contributed by atoms with Gasteiger partial charge in [0.2, 0.25) is 10.0 Å². The Bertz CT molecular complexity index is 608. The molecule has 0 saturated carbocycles. The molecule has 1 aromatic rings. The average Bonchev–Trinajstić information content (AvgIpc) is 2.35. The minimum atomic E-state index is -3.26. The summed E-state index contributed by atoms with van der Waals surface area (Å²) in [6, 6.07) is 4.56. The van der Waals surface area contributed by atoms with E-state index in [1.54, 1.807) is 25.1 Å². The van der Waals surface area contributed by atoms with E-state index in [1.165, 1.54) is 10.6 Å². The largest absolute Gasteiger partial charge is 0.321 e. The van der Waals surface area contributed by atoms with Crippen LogP contribution in [-0.2, 0) is 16.4 Å². The summed E-state index contributed by atoms with van der Waals surface area (Å²) < 4.78 is 24.8. The Kier molecular flexibility index (Phi) is 3.64. The van der Waals surface area contributed by atoms with E-state index in [-0.39, 0.29) is 5.78 Å². The van der Waals surface area contributed by atoms with Crippen molar-refractivity contribution < 1.29 is 13.2 Å². The number of fused-ring (bicyclic) bond motifs is 1. The zero-order valence-corrected chi connectivity index (χ0v) is 11.9. The second kappa shape index (κ2) is 4.94. The first-order valence-corrected chi connectivity index (χ1v) is 8.06. The fourth-order valence-corrected chi connectivity index (χ4v) is 3.32. The highest BCUT2D eigenvalue weighted by atomic mass is 32.2. The summed E-state index contributed by atoms with van der Waals surface area (Å²) in [4.78, 5) is 11.9. The highest BCUT2D eigenvalue weighted by Crippen LogP contribution is 2.30. The molecule has 1 atom stereocenters. The number of sulfonamides is 1. The van der Waals surface area contributed by atoms with Crippen LogP contribution in [0.4, 0.5) is 5.69 Å². The molecule has 0 aliphatic carbocycles. The van der Waals surface area contributed by atoms with Gasteiger partial charge in [0.05, 0.1) is 18.0 Å². The summed E-state index contributed by atoms with van der Waals surface area (Å²) in [6.45, 7) is 2.14. The van der Waals surface area contributed by atoms with E-state index in [9.17, 15) is 13.2 Å². The van der Waals surface area contributed by atoms with Crippen molar-refractivity contribution in [2.45, 2.75) is 25.8 Å². The van der Waals surface area contributed by atoms with Crippen molar-refractivity contribution in [3.63, 3.8) is 0 Å². The number of hydrogen-bond donors (Lipinski definition) is 1. The Morgan fingerprint density at radius 2 is 2.11 bits per heavy atom. The number of carbonyl (C=O) groups excluding carboxylic acids is 1. The van der Waals surface area contributed by atoms with Crippen LogP contribution in [0.3, 0.4) is 0 Å². The molecule has 1 unspecified atom stereocenters. The van der Waals surface area contributed by atoms with E-state index >= 15 is 0 Å². The van der Waals surface area contributed by atoms with Gasteiger partial charge in [-0.2, -0.15) is 0 Å². The van der Waals surface area contributed by atoms with Crippen LogP contribution in [0.2, 0.25) is 0 Å². The van der Waals surface area contributed by atoms with Crippen molar-refractivity contribution in [1.82, 2.24) is 0 Å². The predicted molar refractivity (Wildman–Crippen MR) is 74.9 cm³/mol. The number of anilines is 1. The van der Waals surface area contributed by atoms with E-state index in [1.807, 2.05) is 0 Å². The van der Waals surface area contributed by atoms with Crippen LogP contribution < -0.4 is 10.0 Å². The monoisotopic (exact) mass is 282 g/mol. The van der Waals surface area contributed by atoms with E-state index in [4.69, 9.17) is 5.73 Å². The van der Waals surface area contributed by atoms with Gasteiger partial charge in [-0.25, -0.2) is 8.42 Å². The quantitative estimate of drug-likeness (QED) is 0.836. The third-order valence-corrected chi connectivity index (χ3v) is 4.43. The number of rotatable bonds is 3. The molecule has 1 heterocycles. The second-order valence-corrected chi connectivity index (χ2v) is 6.84. The van der Waals surface area contributed by atoms with Crippen LogP contribution in [0.1, 0.15) is 29.3 Å². The maximum Gasteiger partial charge on any atom is 0.232 e. The van der Waals surface area contributed by atoms with Gasteiger partial charge in [-0.05, 0) is 43.5 Å². The highest BCUT2D eigenvalue weighted by Gasteiger charge is 2.24. The maximum atomic E-state index is 11.9. The lowest BCUT2D eigenvalue weighted by Gasteiger charge is -2.29. The molecule has 0 aromatic heterocycles. The number of Topliss-reactive ketones (excluding diaryl/α,β-unsaturated/α-hetero) is 1. The Morgan fingerprint density at radius 3 is 2.68 bits per heavy atom. The lowest BCUT2D eigenvalue weighted by molar-refractivity contribution is 0.0968. The Morgan fingerprint density at radius 1 is 1.42 bits per heavy atom. The van der Waals surface area contributed by atoms with Gasteiger partial charge in [0, 0.05) is 12.1 Å². The number of aryl methyl sites for hydroxylation is 1. The lowest BCUT2D eigenvalue weighted by Crippen LogP contribution is -2.35. The van der Waals surface area contributed by atoms with Gasteiger partial charge in [-0.1, -0.05) is 0 Å². The molecule has 0 fully saturated rings. The molecule has 5 nitrogen and oxygen atoms in total. The average molecular weight is 282 g/mol. The zero-order chi connectivity index (χ0) is 14.2. The van der Waals surface area contributed by atoms with E-state index in [0.717, 1.165) is 18.4 Å². The molecular weight excluding hydrogens is 264 g/mol. The number of nitrogens with zero attached hydrogens (tertiary/aromatic N) is 1. The highest BCUT2D eigenvalue weighted by molar-refractivity contribution is 7.92. The molecule has 0 saturated heterocycles. The van der Waals surface area contributed by atoms with Crippen LogP contribution in [0, 0.1) is 0 Å². The number of nitrogens with two attached hydrogens (primary N) is 1. The summed E-state index contributed by atoms with van der Waals surface area (Å²) >= 11 is 0. The zero-order valence-electron chi connectivity index (χ0n) is 11.1. The van der Waals surface area contributed by atoms with E-state index in [2.05, 4.69) is 0 Å². The molecule has 1 aliphatic heterocycles. The van der Waals surface area contributed by atoms with Gasteiger partial charge in [0.15, 0.2) is 5.78 Å². The summed E-state index contributed by atoms with van der Waals surface area (Å²) in [5.74, 6) is -0.126. The SMILES string of the molecule is CC(N)C(=O)c1ccc2c(c1)CCCN2S(C)(=O)=O. The predicted octanol–water partition coefficient (Wildman–Crippen LogP) is 0.929. The first kappa shape index (κ1) is 14.0. The van der Waals surface area contributed by atoms with E-state index in [0.29, 0.717) is 17.8 Å². The van der Waals surface area contributed by atoms with Crippen LogP contribution in [-0.4, -0.2) is 33.0 Å². The number of ketones is 1.